The Bertz CT molecular complexity index is 490. The Morgan fingerprint density at radius 1 is 0.920 bits per heavy atom. The Balaban J connectivity index is 3.96. The van der Waals surface area contributed by atoms with Gasteiger partial charge in [0.25, 0.3) is 0 Å². The molecule has 0 heterocycles. The maximum atomic E-state index is 12.0. The van der Waals surface area contributed by atoms with E-state index < -0.39 is 0 Å². The van der Waals surface area contributed by atoms with Crippen LogP contribution in [0.1, 0.15) is 59.8 Å². The monoisotopic (exact) mass is 344 g/mol. The number of hydrogen-bond acceptors (Lipinski definition) is 2. The fraction of sp³-hybridized carbons (Fsp3) is 0.522. The fourth-order valence-electron chi connectivity index (χ4n) is 2.35. The van der Waals surface area contributed by atoms with Gasteiger partial charge in [-0.2, -0.15) is 0 Å². The number of aliphatic hydroxyl groups excluding tert-OH is 1. The van der Waals surface area contributed by atoms with Crippen LogP contribution >= 0.6 is 0 Å². The van der Waals surface area contributed by atoms with Gasteiger partial charge in [0, 0.05) is 12.5 Å². The van der Waals surface area contributed by atoms with E-state index in [9.17, 15) is 9.90 Å². The predicted molar refractivity (Wildman–Crippen MR) is 109 cm³/mol. The number of carbonyl (C=O) groups is 1. The third-order valence-electron chi connectivity index (χ3n) is 3.83. The summed E-state index contributed by atoms with van der Waals surface area (Å²) in [6, 6.07) is 0. The summed E-state index contributed by atoms with van der Waals surface area (Å²) in [4.78, 5) is 12.0. The Morgan fingerprint density at radius 2 is 1.44 bits per heavy atom. The number of hydrogen-bond donors (Lipinski definition) is 1. The molecule has 0 aliphatic carbocycles. The van der Waals surface area contributed by atoms with E-state index in [-0.39, 0.29) is 23.7 Å². The first-order chi connectivity index (χ1) is 11.9. The quantitative estimate of drug-likeness (QED) is 0.254. The van der Waals surface area contributed by atoms with E-state index in [1.54, 1.807) is 12.2 Å². The summed E-state index contributed by atoms with van der Waals surface area (Å²) in [6.07, 6.45) is 25.0. The Labute approximate surface area is 154 Å². The van der Waals surface area contributed by atoms with Crippen LogP contribution in [0, 0.1) is 11.3 Å². The minimum Gasteiger partial charge on any atom is -0.396 e. The zero-order chi connectivity index (χ0) is 19.0. The highest BCUT2D eigenvalue weighted by Gasteiger charge is 2.22. The maximum absolute atomic E-state index is 12.0. The van der Waals surface area contributed by atoms with Gasteiger partial charge in [0.15, 0.2) is 5.78 Å². The molecule has 25 heavy (non-hydrogen) atoms. The molecule has 0 aromatic rings. The summed E-state index contributed by atoms with van der Waals surface area (Å²) in [6.45, 7) is 8.11. The SMILES string of the molecule is CC/C=C\C/C=C\C/C=C\C/C=C\C=C\C(=O)C(C)CC(C)(C)CO. The maximum Gasteiger partial charge on any atom is 0.158 e. The summed E-state index contributed by atoms with van der Waals surface area (Å²) < 4.78 is 0. The average molecular weight is 345 g/mol. The van der Waals surface area contributed by atoms with E-state index in [1.165, 1.54) is 0 Å². The van der Waals surface area contributed by atoms with Crippen LogP contribution in [0.25, 0.3) is 0 Å². The molecule has 0 rings (SSSR count). The third kappa shape index (κ3) is 14.4. The van der Waals surface area contributed by atoms with Crippen LogP contribution in [0.15, 0.2) is 60.8 Å². The first kappa shape index (κ1) is 23.3. The smallest absolute Gasteiger partial charge is 0.158 e. The highest BCUT2D eigenvalue weighted by Crippen LogP contribution is 2.25. The molecule has 1 unspecified atom stereocenters. The molecule has 0 aliphatic rings. The number of ketones is 1. The van der Waals surface area contributed by atoms with Gasteiger partial charge in [0.1, 0.15) is 0 Å². The molecule has 140 valence electrons. The fourth-order valence-corrected chi connectivity index (χ4v) is 2.35. The molecule has 0 fully saturated rings. The van der Waals surface area contributed by atoms with Crippen molar-refractivity contribution in [3.8, 4) is 0 Å². The van der Waals surface area contributed by atoms with Gasteiger partial charge in [0.2, 0.25) is 0 Å². The summed E-state index contributed by atoms with van der Waals surface area (Å²) in [5.74, 6) is 0.0506. The standard InChI is InChI=1S/C23H36O2/c1-5-6-7-8-9-10-11-12-13-14-15-16-17-18-22(25)21(2)19-23(3,4)20-24/h6-7,9-10,12-13,15-18,21,24H,5,8,11,14,19-20H2,1-4H3/b7-6-,10-9-,13-12-,16-15-,18-17+. The van der Waals surface area contributed by atoms with Crippen molar-refractivity contribution in [3.05, 3.63) is 60.8 Å². The van der Waals surface area contributed by atoms with Crippen LogP contribution in [0.5, 0.6) is 0 Å². The molecular weight excluding hydrogens is 308 g/mol. The zero-order valence-electron chi connectivity index (χ0n) is 16.4. The molecule has 0 radical (unpaired) electrons. The van der Waals surface area contributed by atoms with Crippen molar-refractivity contribution in [1.29, 1.82) is 0 Å². The van der Waals surface area contributed by atoms with Crippen molar-refractivity contribution in [2.24, 2.45) is 11.3 Å². The molecule has 0 saturated carbocycles. The van der Waals surface area contributed by atoms with Gasteiger partial charge in [-0.25, -0.2) is 0 Å². The van der Waals surface area contributed by atoms with Crippen molar-refractivity contribution in [3.63, 3.8) is 0 Å². The minimum absolute atomic E-state index is 0.0642. The lowest BCUT2D eigenvalue weighted by Crippen LogP contribution is -2.23. The lowest BCUT2D eigenvalue weighted by molar-refractivity contribution is -0.118. The van der Waals surface area contributed by atoms with Crippen molar-refractivity contribution in [2.75, 3.05) is 6.61 Å². The Hall–Kier alpha value is -1.67. The van der Waals surface area contributed by atoms with E-state index in [2.05, 4.69) is 43.4 Å². The van der Waals surface area contributed by atoms with Crippen LogP contribution in [0.2, 0.25) is 0 Å². The first-order valence-electron chi connectivity index (χ1n) is 9.36. The number of rotatable bonds is 13. The minimum atomic E-state index is -0.204. The highest BCUT2D eigenvalue weighted by atomic mass is 16.3. The van der Waals surface area contributed by atoms with Crippen molar-refractivity contribution < 1.29 is 9.90 Å². The molecule has 0 aromatic heterocycles. The topological polar surface area (TPSA) is 37.3 Å². The number of allylic oxidation sites excluding steroid dienone is 10. The third-order valence-corrected chi connectivity index (χ3v) is 3.83. The molecule has 0 saturated heterocycles. The molecule has 1 atom stereocenters. The zero-order valence-corrected chi connectivity index (χ0v) is 16.4. The van der Waals surface area contributed by atoms with Gasteiger partial charge in [-0.15, -0.1) is 0 Å². The predicted octanol–water partition coefficient (Wildman–Crippen LogP) is 5.96. The summed E-state index contributed by atoms with van der Waals surface area (Å²) >= 11 is 0. The second-order valence-corrected chi connectivity index (χ2v) is 7.15. The van der Waals surface area contributed by atoms with Gasteiger partial charge < -0.3 is 5.11 Å². The van der Waals surface area contributed by atoms with Crippen molar-refractivity contribution in [2.45, 2.75) is 59.8 Å². The van der Waals surface area contributed by atoms with E-state index in [4.69, 9.17) is 0 Å². The molecule has 0 spiro atoms. The molecule has 0 amide bonds. The molecule has 0 bridgehead atoms. The molecule has 2 heteroatoms. The van der Waals surface area contributed by atoms with E-state index in [0.717, 1.165) is 25.7 Å². The van der Waals surface area contributed by atoms with Crippen LogP contribution < -0.4 is 0 Å². The molecule has 0 aromatic carbocycles. The highest BCUT2D eigenvalue weighted by molar-refractivity contribution is 5.91. The lowest BCUT2D eigenvalue weighted by Gasteiger charge is -2.24. The van der Waals surface area contributed by atoms with E-state index >= 15 is 0 Å². The Morgan fingerprint density at radius 3 is 1.96 bits per heavy atom. The van der Waals surface area contributed by atoms with Crippen LogP contribution in [-0.4, -0.2) is 17.5 Å². The second kappa shape index (κ2) is 14.7. The van der Waals surface area contributed by atoms with Gasteiger partial charge in [-0.3, -0.25) is 4.79 Å². The normalized spacial score (nSPS) is 14.8. The van der Waals surface area contributed by atoms with Crippen LogP contribution in [0.4, 0.5) is 0 Å². The van der Waals surface area contributed by atoms with Crippen molar-refractivity contribution >= 4 is 5.78 Å². The summed E-state index contributed by atoms with van der Waals surface area (Å²) in [7, 11) is 0. The number of aliphatic hydroxyl groups is 1. The van der Waals surface area contributed by atoms with Crippen molar-refractivity contribution in [1.82, 2.24) is 0 Å². The average Bonchev–Trinajstić information content (AvgIpc) is 2.58. The molecule has 2 nitrogen and oxygen atoms in total. The number of carbonyl (C=O) groups excluding carboxylic acids is 1. The molecule has 0 aliphatic heterocycles. The van der Waals surface area contributed by atoms with Crippen LogP contribution in [-0.2, 0) is 4.79 Å². The Kier molecular flexibility index (Phi) is 13.7. The summed E-state index contributed by atoms with van der Waals surface area (Å²) in [5.41, 5.74) is -0.204. The van der Waals surface area contributed by atoms with Gasteiger partial charge in [-0.1, -0.05) is 82.4 Å². The lowest BCUT2D eigenvalue weighted by atomic mass is 9.82. The van der Waals surface area contributed by atoms with Crippen LogP contribution in [0.3, 0.4) is 0 Å². The first-order valence-corrected chi connectivity index (χ1v) is 9.36. The van der Waals surface area contributed by atoms with Gasteiger partial charge in [-0.05, 0) is 43.6 Å². The van der Waals surface area contributed by atoms with E-state index in [1.807, 2.05) is 32.9 Å². The molecule has 1 N–H and O–H groups in total. The molecular formula is C23H36O2. The largest absolute Gasteiger partial charge is 0.396 e. The van der Waals surface area contributed by atoms with Gasteiger partial charge >= 0.3 is 0 Å². The van der Waals surface area contributed by atoms with E-state index in [0.29, 0.717) is 6.42 Å². The summed E-state index contributed by atoms with van der Waals surface area (Å²) in [5, 5.41) is 9.27. The second-order valence-electron chi connectivity index (χ2n) is 7.15. The van der Waals surface area contributed by atoms with Gasteiger partial charge in [0.05, 0.1) is 0 Å².